The summed E-state index contributed by atoms with van der Waals surface area (Å²) in [6.07, 6.45) is 9.34. The number of halogens is 1. The highest BCUT2D eigenvalue weighted by Crippen LogP contribution is 2.27. The van der Waals surface area contributed by atoms with Crippen molar-refractivity contribution >= 4 is 29.9 Å². The minimum absolute atomic E-state index is 0. The summed E-state index contributed by atoms with van der Waals surface area (Å²) in [7, 11) is 1.56. The summed E-state index contributed by atoms with van der Waals surface area (Å²) in [6.45, 7) is 5.82. The van der Waals surface area contributed by atoms with Crippen LogP contribution in [0.3, 0.4) is 0 Å². The highest BCUT2D eigenvalue weighted by atomic mass is 127. The number of hydrogen-bond donors (Lipinski definition) is 3. The molecule has 164 valence electrons. The van der Waals surface area contributed by atoms with Gasteiger partial charge in [-0.2, -0.15) is 0 Å². The van der Waals surface area contributed by atoms with Crippen molar-refractivity contribution in [2.75, 3.05) is 26.7 Å². The van der Waals surface area contributed by atoms with Crippen LogP contribution in [0.25, 0.3) is 0 Å². The van der Waals surface area contributed by atoms with E-state index in [4.69, 9.17) is 9.73 Å². The molecule has 3 N–H and O–H groups in total. The lowest BCUT2D eigenvalue weighted by Gasteiger charge is -2.39. The fourth-order valence-corrected chi connectivity index (χ4v) is 4.37. The van der Waals surface area contributed by atoms with Crippen LogP contribution in [-0.2, 0) is 6.54 Å². The maximum Gasteiger partial charge on any atom is 0.191 e. The highest BCUT2D eigenvalue weighted by Gasteiger charge is 2.26. The number of nitrogens with one attached hydrogen (secondary N) is 2. The summed E-state index contributed by atoms with van der Waals surface area (Å²) in [4.78, 5) is 7.42. The number of hydrogen-bond acceptors (Lipinski definition) is 4. The molecule has 1 aliphatic heterocycles. The van der Waals surface area contributed by atoms with Gasteiger partial charge in [-0.3, -0.25) is 0 Å². The van der Waals surface area contributed by atoms with E-state index in [1.807, 2.05) is 6.07 Å². The Morgan fingerprint density at radius 2 is 1.90 bits per heavy atom. The van der Waals surface area contributed by atoms with Gasteiger partial charge in [0.25, 0.3) is 0 Å². The quantitative estimate of drug-likeness (QED) is 0.304. The van der Waals surface area contributed by atoms with Gasteiger partial charge in [-0.25, -0.2) is 4.99 Å². The smallest absolute Gasteiger partial charge is 0.191 e. The summed E-state index contributed by atoms with van der Waals surface area (Å²) in [5.74, 6) is 1.50. The molecule has 1 aromatic carbocycles. The summed E-state index contributed by atoms with van der Waals surface area (Å²) < 4.78 is 5.10. The lowest BCUT2D eigenvalue weighted by Crippen LogP contribution is -2.50. The maximum atomic E-state index is 9.94. The molecule has 0 radical (unpaired) electrons. The van der Waals surface area contributed by atoms with Crippen LogP contribution in [0.4, 0.5) is 0 Å². The Labute approximate surface area is 192 Å². The molecule has 0 bridgehead atoms. The average Bonchev–Trinajstić information content (AvgIpc) is 2.73. The van der Waals surface area contributed by atoms with E-state index < -0.39 is 0 Å². The molecule has 7 heteroatoms. The van der Waals surface area contributed by atoms with Crippen molar-refractivity contribution in [3.63, 3.8) is 0 Å². The van der Waals surface area contributed by atoms with Crippen LogP contribution in [0.2, 0.25) is 0 Å². The number of ether oxygens (including phenoxy) is 1. The molecule has 1 saturated heterocycles. The van der Waals surface area contributed by atoms with E-state index in [0.717, 1.165) is 24.1 Å². The Morgan fingerprint density at radius 1 is 1.17 bits per heavy atom. The normalized spacial score (nSPS) is 19.4. The minimum atomic E-state index is 0. The van der Waals surface area contributed by atoms with Gasteiger partial charge in [0.15, 0.2) is 17.5 Å². The number of likely N-dealkylation sites (tertiary alicyclic amines) is 1. The number of guanidine groups is 1. The number of phenols is 1. The van der Waals surface area contributed by atoms with Gasteiger partial charge in [0.05, 0.1) is 13.7 Å². The number of aromatic hydroxyl groups is 1. The first kappa shape index (κ1) is 24.1. The SMILES string of the molecule is CCNC(=NCc1ccc(OC)c(O)c1)NC1CCN(C2CCCCC2)CC1.I. The summed E-state index contributed by atoms with van der Waals surface area (Å²) in [5.41, 5.74) is 0.961. The molecule has 1 aliphatic carbocycles. The fourth-order valence-electron chi connectivity index (χ4n) is 4.37. The Kier molecular flexibility index (Phi) is 10.3. The summed E-state index contributed by atoms with van der Waals surface area (Å²) in [5, 5.41) is 16.9. The third kappa shape index (κ3) is 7.20. The molecule has 0 spiro atoms. The molecule has 1 heterocycles. The number of benzene rings is 1. The standard InChI is InChI=1S/C22H36N4O2.HI/c1-3-23-22(24-16-17-9-10-21(28-2)20(27)15-17)25-18-11-13-26(14-12-18)19-7-5-4-6-8-19;/h9-10,15,18-19,27H,3-8,11-14,16H2,1-2H3,(H2,23,24,25);1H. The molecule has 1 aromatic rings. The van der Waals surface area contributed by atoms with Crippen molar-refractivity contribution in [3.05, 3.63) is 23.8 Å². The summed E-state index contributed by atoms with van der Waals surface area (Å²) >= 11 is 0. The zero-order valence-corrected chi connectivity index (χ0v) is 20.2. The lowest BCUT2D eigenvalue weighted by atomic mass is 9.92. The fraction of sp³-hybridized carbons (Fsp3) is 0.682. The van der Waals surface area contributed by atoms with Crippen LogP contribution >= 0.6 is 24.0 Å². The first-order chi connectivity index (χ1) is 13.7. The topological polar surface area (TPSA) is 69.1 Å². The van der Waals surface area contributed by atoms with Crippen LogP contribution in [0.5, 0.6) is 11.5 Å². The number of nitrogens with zero attached hydrogens (tertiary/aromatic N) is 2. The van der Waals surface area contributed by atoms with Gasteiger partial charge >= 0.3 is 0 Å². The van der Waals surface area contributed by atoms with Crippen molar-refractivity contribution in [2.24, 2.45) is 4.99 Å². The molecule has 2 aliphatic rings. The number of phenolic OH excluding ortho intramolecular Hbond substituents is 1. The monoisotopic (exact) mass is 516 g/mol. The van der Waals surface area contributed by atoms with Crippen molar-refractivity contribution in [3.8, 4) is 11.5 Å². The first-order valence-electron chi connectivity index (χ1n) is 10.8. The maximum absolute atomic E-state index is 9.94. The third-order valence-electron chi connectivity index (χ3n) is 5.97. The van der Waals surface area contributed by atoms with Crippen LogP contribution in [0.1, 0.15) is 57.4 Å². The van der Waals surface area contributed by atoms with Gasteiger partial charge < -0.3 is 25.4 Å². The average molecular weight is 516 g/mol. The van der Waals surface area contributed by atoms with Crippen LogP contribution in [-0.4, -0.2) is 54.8 Å². The lowest BCUT2D eigenvalue weighted by molar-refractivity contribution is 0.119. The third-order valence-corrected chi connectivity index (χ3v) is 5.97. The van der Waals surface area contributed by atoms with E-state index in [1.54, 1.807) is 19.2 Å². The largest absolute Gasteiger partial charge is 0.504 e. The van der Waals surface area contributed by atoms with Gasteiger partial charge in [0.2, 0.25) is 0 Å². The van der Waals surface area contributed by atoms with E-state index in [9.17, 15) is 5.11 Å². The molecule has 0 atom stereocenters. The molecule has 29 heavy (non-hydrogen) atoms. The Hall–Kier alpha value is -1.22. The molecular weight excluding hydrogens is 479 g/mol. The number of methoxy groups -OCH3 is 1. The van der Waals surface area contributed by atoms with Crippen molar-refractivity contribution < 1.29 is 9.84 Å². The highest BCUT2D eigenvalue weighted by molar-refractivity contribution is 14.0. The van der Waals surface area contributed by atoms with Crippen LogP contribution in [0, 0.1) is 0 Å². The molecule has 6 nitrogen and oxygen atoms in total. The van der Waals surface area contributed by atoms with Crippen molar-refractivity contribution in [1.29, 1.82) is 0 Å². The summed E-state index contributed by atoms with van der Waals surface area (Å²) in [6, 6.07) is 6.73. The van der Waals surface area contributed by atoms with Gasteiger partial charge in [0.1, 0.15) is 0 Å². The van der Waals surface area contributed by atoms with Crippen molar-refractivity contribution in [1.82, 2.24) is 15.5 Å². The van der Waals surface area contributed by atoms with E-state index in [1.165, 1.54) is 58.0 Å². The van der Waals surface area contributed by atoms with Crippen molar-refractivity contribution in [2.45, 2.75) is 70.5 Å². The van der Waals surface area contributed by atoms with Crippen LogP contribution in [0.15, 0.2) is 23.2 Å². The number of piperidine rings is 1. The molecule has 0 amide bonds. The van der Waals surface area contributed by atoms with E-state index in [-0.39, 0.29) is 29.7 Å². The van der Waals surface area contributed by atoms with Gasteiger partial charge in [0, 0.05) is 31.7 Å². The zero-order valence-electron chi connectivity index (χ0n) is 17.8. The molecule has 0 unspecified atom stereocenters. The number of aliphatic imine (C=N–C) groups is 1. The molecular formula is C22H37IN4O2. The molecule has 3 rings (SSSR count). The zero-order chi connectivity index (χ0) is 19.8. The predicted octanol–water partition coefficient (Wildman–Crippen LogP) is 3.87. The second kappa shape index (κ2) is 12.5. The second-order valence-corrected chi connectivity index (χ2v) is 7.95. The number of rotatable bonds is 6. The Morgan fingerprint density at radius 3 is 2.52 bits per heavy atom. The van der Waals surface area contributed by atoms with E-state index >= 15 is 0 Å². The molecule has 1 saturated carbocycles. The van der Waals surface area contributed by atoms with E-state index in [0.29, 0.717) is 18.3 Å². The molecule has 0 aromatic heterocycles. The van der Waals surface area contributed by atoms with E-state index in [2.05, 4.69) is 22.5 Å². The first-order valence-corrected chi connectivity index (χ1v) is 10.8. The van der Waals surface area contributed by atoms with Crippen LogP contribution < -0.4 is 15.4 Å². The minimum Gasteiger partial charge on any atom is -0.504 e. The Balaban J connectivity index is 0.00000300. The Bertz CT molecular complexity index is 642. The second-order valence-electron chi connectivity index (χ2n) is 7.95. The molecule has 2 fully saturated rings. The van der Waals surface area contributed by atoms with Gasteiger partial charge in [-0.15, -0.1) is 24.0 Å². The predicted molar refractivity (Wildman–Crippen MR) is 129 cm³/mol. The van der Waals surface area contributed by atoms with Gasteiger partial charge in [-0.1, -0.05) is 25.3 Å². The van der Waals surface area contributed by atoms with Gasteiger partial charge in [-0.05, 0) is 50.3 Å².